The Morgan fingerprint density at radius 1 is 1.11 bits per heavy atom. The minimum absolute atomic E-state index is 0.00217. The molecule has 2 aromatic rings. The van der Waals surface area contributed by atoms with E-state index in [1.807, 2.05) is 23.1 Å². The summed E-state index contributed by atoms with van der Waals surface area (Å²) in [5.41, 5.74) is 0.580. The number of hydrogen-bond acceptors (Lipinski definition) is 5. The third kappa shape index (κ3) is 3.92. The molecular weight excluding hydrogens is 348 g/mol. The van der Waals surface area contributed by atoms with Gasteiger partial charge in [0.2, 0.25) is 6.10 Å². The van der Waals surface area contributed by atoms with Crippen molar-refractivity contribution >= 4 is 11.8 Å². The standard InChI is InChI=1S/C20H22N2O5/c23-19(18-13-26-16-3-1-2-4-17(16)27-18)21-11-14-5-8-22(9-6-14)20(24)15-7-10-25-12-15/h1-4,7,10,12,14,18H,5-6,8-9,11,13H2,(H,21,23). The molecule has 1 aromatic carbocycles. The quantitative estimate of drug-likeness (QED) is 0.891. The van der Waals surface area contributed by atoms with Crippen LogP contribution in [0.3, 0.4) is 0 Å². The molecule has 142 valence electrons. The lowest BCUT2D eigenvalue weighted by Gasteiger charge is -2.32. The molecule has 7 heteroatoms. The molecule has 1 aromatic heterocycles. The Morgan fingerprint density at radius 3 is 2.63 bits per heavy atom. The van der Waals surface area contributed by atoms with Crippen molar-refractivity contribution < 1.29 is 23.5 Å². The summed E-state index contributed by atoms with van der Waals surface area (Å²) in [4.78, 5) is 26.5. The summed E-state index contributed by atoms with van der Waals surface area (Å²) in [7, 11) is 0. The second-order valence-electron chi connectivity index (χ2n) is 6.86. The zero-order chi connectivity index (χ0) is 18.6. The number of benzene rings is 1. The molecule has 7 nitrogen and oxygen atoms in total. The lowest BCUT2D eigenvalue weighted by molar-refractivity contribution is -0.130. The van der Waals surface area contributed by atoms with Gasteiger partial charge in [-0.25, -0.2) is 0 Å². The maximum absolute atomic E-state index is 12.4. The smallest absolute Gasteiger partial charge is 0.264 e. The summed E-state index contributed by atoms with van der Waals surface area (Å²) >= 11 is 0. The molecule has 0 aliphatic carbocycles. The fraction of sp³-hybridized carbons (Fsp3) is 0.400. The van der Waals surface area contributed by atoms with Gasteiger partial charge in [-0.15, -0.1) is 0 Å². The number of carbonyl (C=O) groups is 2. The van der Waals surface area contributed by atoms with E-state index in [1.54, 1.807) is 12.1 Å². The van der Waals surface area contributed by atoms with E-state index in [-0.39, 0.29) is 18.4 Å². The van der Waals surface area contributed by atoms with E-state index in [4.69, 9.17) is 13.9 Å². The van der Waals surface area contributed by atoms with Gasteiger partial charge < -0.3 is 24.1 Å². The maximum Gasteiger partial charge on any atom is 0.264 e. The predicted molar refractivity (Wildman–Crippen MR) is 96.7 cm³/mol. The number of likely N-dealkylation sites (tertiary alicyclic amines) is 1. The highest BCUT2D eigenvalue weighted by atomic mass is 16.6. The van der Waals surface area contributed by atoms with Crippen molar-refractivity contribution in [3.63, 3.8) is 0 Å². The Bertz CT molecular complexity index is 796. The summed E-state index contributed by atoms with van der Waals surface area (Å²) < 4.78 is 16.3. The summed E-state index contributed by atoms with van der Waals surface area (Å²) in [5, 5.41) is 2.96. The Hall–Kier alpha value is -2.96. The van der Waals surface area contributed by atoms with Gasteiger partial charge in [0.1, 0.15) is 12.9 Å². The molecular formula is C20H22N2O5. The number of piperidine rings is 1. The van der Waals surface area contributed by atoms with E-state index in [0.29, 0.717) is 42.6 Å². The first-order chi connectivity index (χ1) is 13.2. The van der Waals surface area contributed by atoms with E-state index < -0.39 is 6.10 Å². The van der Waals surface area contributed by atoms with E-state index in [9.17, 15) is 9.59 Å². The number of furan rings is 1. The van der Waals surface area contributed by atoms with Crippen molar-refractivity contribution in [3.05, 3.63) is 48.4 Å². The summed E-state index contributed by atoms with van der Waals surface area (Å²) in [6, 6.07) is 9.01. The molecule has 3 heterocycles. The van der Waals surface area contributed by atoms with Gasteiger partial charge in [0.05, 0.1) is 11.8 Å². The molecule has 2 amide bonds. The fourth-order valence-corrected chi connectivity index (χ4v) is 3.42. The molecule has 0 saturated carbocycles. The van der Waals surface area contributed by atoms with Crippen LogP contribution in [-0.4, -0.2) is 49.1 Å². The Balaban J connectivity index is 1.22. The summed E-state index contributed by atoms with van der Waals surface area (Å²) in [6.45, 7) is 2.15. The number of rotatable bonds is 4. The topological polar surface area (TPSA) is 81.0 Å². The Labute approximate surface area is 157 Å². The Morgan fingerprint density at radius 2 is 1.89 bits per heavy atom. The van der Waals surface area contributed by atoms with Crippen LogP contribution >= 0.6 is 0 Å². The van der Waals surface area contributed by atoms with Crippen LogP contribution in [-0.2, 0) is 4.79 Å². The maximum atomic E-state index is 12.4. The van der Waals surface area contributed by atoms with Crippen molar-refractivity contribution in [1.82, 2.24) is 10.2 Å². The first kappa shape index (κ1) is 17.5. The molecule has 1 saturated heterocycles. The van der Waals surface area contributed by atoms with Gasteiger partial charge in [0.15, 0.2) is 11.5 Å². The van der Waals surface area contributed by atoms with E-state index >= 15 is 0 Å². The van der Waals surface area contributed by atoms with Crippen LogP contribution in [0, 0.1) is 5.92 Å². The second-order valence-corrected chi connectivity index (χ2v) is 6.86. The first-order valence-corrected chi connectivity index (χ1v) is 9.18. The predicted octanol–water partition coefficient (Wildman–Crippen LogP) is 2.09. The zero-order valence-corrected chi connectivity index (χ0v) is 14.9. The molecule has 0 radical (unpaired) electrons. The van der Waals surface area contributed by atoms with E-state index in [0.717, 1.165) is 12.8 Å². The average molecular weight is 370 g/mol. The second kappa shape index (κ2) is 7.73. The normalized spacial score (nSPS) is 19.6. The molecule has 4 rings (SSSR count). The van der Waals surface area contributed by atoms with Crippen molar-refractivity contribution in [2.75, 3.05) is 26.2 Å². The lowest BCUT2D eigenvalue weighted by atomic mass is 9.96. The first-order valence-electron chi connectivity index (χ1n) is 9.18. The van der Waals surface area contributed by atoms with Gasteiger partial charge in [-0.05, 0) is 37.0 Å². The van der Waals surface area contributed by atoms with Gasteiger partial charge in [0, 0.05) is 19.6 Å². The minimum Gasteiger partial charge on any atom is -0.485 e. The third-order valence-corrected chi connectivity index (χ3v) is 5.04. The minimum atomic E-state index is -0.636. The van der Waals surface area contributed by atoms with Crippen molar-refractivity contribution in [2.24, 2.45) is 5.92 Å². The number of para-hydroxylation sites is 2. The number of nitrogens with zero attached hydrogens (tertiary/aromatic N) is 1. The van der Waals surface area contributed by atoms with Crippen LogP contribution in [0.5, 0.6) is 11.5 Å². The molecule has 0 bridgehead atoms. The zero-order valence-electron chi connectivity index (χ0n) is 14.9. The molecule has 1 N–H and O–H groups in total. The molecule has 0 spiro atoms. The number of ether oxygens (including phenoxy) is 2. The van der Waals surface area contributed by atoms with Crippen LogP contribution in [0.4, 0.5) is 0 Å². The number of hydrogen-bond donors (Lipinski definition) is 1. The highest BCUT2D eigenvalue weighted by molar-refractivity contribution is 5.93. The van der Waals surface area contributed by atoms with Gasteiger partial charge in [-0.2, -0.15) is 0 Å². The summed E-state index contributed by atoms with van der Waals surface area (Å²) in [6.07, 6.45) is 4.05. The summed E-state index contributed by atoms with van der Waals surface area (Å²) in [5.74, 6) is 1.43. The molecule has 1 atom stereocenters. The van der Waals surface area contributed by atoms with Gasteiger partial charge in [-0.1, -0.05) is 12.1 Å². The lowest BCUT2D eigenvalue weighted by Crippen LogP contribution is -2.47. The highest BCUT2D eigenvalue weighted by Gasteiger charge is 2.29. The van der Waals surface area contributed by atoms with Crippen LogP contribution in [0.15, 0.2) is 47.3 Å². The average Bonchev–Trinajstić information content (AvgIpc) is 3.26. The number of nitrogens with one attached hydrogen (secondary N) is 1. The van der Waals surface area contributed by atoms with E-state index in [2.05, 4.69) is 5.32 Å². The molecule has 27 heavy (non-hydrogen) atoms. The van der Waals surface area contributed by atoms with Gasteiger partial charge in [-0.3, -0.25) is 9.59 Å². The highest BCUT2D eigenvalue weighted by Crippen LogP contribution is 2.30. The largest absolute Gasteiger partial charge is 0.485 e. The van der Waals surface area contributed by atoms with Crippen molar-refractivity contribution in [3.8, 4) is 11.5 Å². The molecule has 2 aliphatic heterocycles. The third-order valence-electron chi connectivity index (χ3n) is 5.04. The molecule has 2 aliphatic rings. The Kier molecular flexibility index (Phi) is 5.00. The molecule has 1 unspecified atom stereocenters. The van der Waals surface area contributed by atoms with Crippen molar-refractivity contribution in [2.45, 2.75) is 18.9 Å². The van der Waals surface area contributed by atoms with Gasteiger partial charge in [0.25, 0.3) is 11.8 Å². The monoisotopic (exact) mass is 370 g/mol. The fourth-order valence-electron chi connectivity index (χ4n) is 3.42. The van der Waals surface area contributed by atoms with Crippen LogP contribution in [0.25, 0.3) is 0 Å². The van der Waals surface area contributed by atoms with E-state index in [1.165, 1.54) is 12.5 Å². The van der Waals surface area contributed by atoms with Crippen LogP contribution < -0.4 is 14.8 Å². The van der Waals surface area contributed by atoms with Crippen LogP contribution in [0.2, 0.25) is 0 Å². The SMILES string of the molecule is O=C(NCC1CCN(C(=O)c2ccoc2)CC1)C1COc2ccccc2O1. The number of amides is 2. The molecule has 1 fully saturated rings. The van der Waals surface area contributed by atoms with Crippen molar-refractivity contribution in [1.29, 1.82) is 0 Å². The number of fused-ring (bicyclic) bond motifs is 1. The number of carbonyl (C=O) groups excluding carboxylic acids is 2. The van der Waals surface area contributed by atoms with Crippen LogP contribution in [0.1, 0.15) is 23.2 Å². The van der Waals surface area contributed by atoms with Gasteiger partial charge >= 0.3 is 0 Å².